The third-order valence-corrected chi connectivity index (χ3v) is 5.77. The molecule has 0 amide bonds. The highest BCUT2D eigenvalue weighted by Crippen LogP contribution is 2.29. The molecule has 0 saturated carbocycles. The normalized spacial score (nSPS) is 29.1. The largest absolute Gasteiger partial charge is 0.388 e. The SMILES string of the molecule is Cc1ccc(CC2(O)CCCS(=O)(=O)C2)s1. The fraction of sp³-hybridized carbons (Fsp3) is 0.636. The predicted molar refractivity (Wildman–Crippen MR) is 65.6 cm³/mol. The van der Waals surface area contributed by atoms with Gasteiger partial charge in [0.2, 0.25) is 0 Å². The first-order valence-electron chi connectivity index (χ1n) is 5.37. The molecule has 3 nitrogen and oxygen atoms in total. The fourth-order valence-electron chi connectivity index (χ4n) is 2.22. The van der Waals surface area contributed by atoms with E-state index in [1.165, 1.54) is 4.88 Å². The first-order valence-corrected chi connectivity index (χ1v) is 8.01. The van der Waals surface area contributed by atoms with Crippen LogP contribution in [0.1, 0.15) is 22.6 Å². The van der Waals surface area contributed by atoms with Crippen LogP contribution in [-0.2, 0) is 16.3 Å². The van der Waals surface area contributed by atoms with Gasteiger partial charge < -0.3 is 5.11 Å². The van der Waals surface area contributed by atoms with Gasteiger partial charge in [-0.1, -0.05) is 0 Å². The Kier molecular flexibility index (Phi) is 3.11. The Morgan fingerprint density at radius 1 is 1.50 bits per heavy atom. The molecule has 0 bridgehead atoms. The second kappa shape index (κ2) is 4.13. The smallest absolute Gasteiger partial charge is 0.153 e. The van der Waals surface area contributed by atoms with Crippen LogP contribution < -0.4 is 0 Å². The molecular weight excluding hydrogens is 244 g/mol. The summed E-state index contributed by atoms with van der Waals surface area (Å²) < 4.78 is 23.0. The lowest BCUT2D eigenvalue weighted by molar-refractivity contribution is 0.0511. The molecule has 1 aliphatic heterocycles. The van der Waals surface area contributed by atoms with Crippen molar-refractivity contribution >= 4 is 21.2 Å². The van der Waals surface area contributed by atoms with E-state index in [0.29, 0.717) is 19.3 Å². The lowest BCUT2D eigenvalue weighted by Gasteiger charge is -2.31. The molecular formula is C11H16O3S2. The topological polar surface area (TPSA) is 54.4 Å². The van der Waals surface area contributed by atoms with Crippen LogP contribution in [0.3, 0.4) is 0 Å². The number of aryl methyl sites for hydroxylation is 1. The molecule has 1 fully saturated rings. The van der Waals surface area contributed by atoms with Gasteiger partial charge in [-0.2, -0.15) is 0 Å². The molecule has 1 aromatic heterocycles. The van der Waals surface area contributed by atoms with E-state index in [1.807, 2.05) is 19.1 Å². The molecule has 2 rings (SSSR count). The van der Waals surface area contributed by atoms with Crippen LogP contribution in [0, 0.1) is 6.92 Å². The summed E-state index contributed by atoms with van der Waals surface area (Å²) in [5.41, 5.74) is -1.05. The van der Waals surface area contributed by atoms with Crippen LogP contribution in [-0.4, -0.2) is 30.6 Å². The Morgan fingerprint density at radius 3 is 2.81 bits per heavy atom. The molecule has 1 N–H and O–H groups in total. The first-order chi connectivity index (χ1) is 7.39. The molecule has 0 aromatic carbocycles. The van der Waals surface area contributed by atoms with Gasteiger partial charge in [-0.3, -0.25) is 0 Å². The average Bonchev–Trinajstić information content (AvgIpc) is 2.47. The van der Waals surface area contributed by atoms with Gasteiger partial charge in [-0.15, -0.1) is 11.3 Å². The quantitative estimate of drug-likeness (QED) is 0.877. The maximum absolute atomic E-state index is 11.5. The molecule has 0 spiro atoms. The third-order valence-electron chi connectivity index (χ3n) is 2.89. The Hall–Kier alpha value is -0.390. The third kappa shape index (κ3) is 2.84. The molecule has 1 saturated heterocycles. The second-order valence-corrected chi connectivity index (χ2v) is 8.17. The summed E-state index contributed by atoms with van der Waals surface area (Å²) in [6.07, 6.45) is 1.62. The minimum atomic E-state index is -3.05. The van der Waals surface area contributed by atoms with Crippen LogP contribution in [0.4, 0.5) is 0 Å². The molecule has 1 aliphatic rings. The van der Waals surface area contributed by atoms with Crippen molar-refractivity contribution in [1.29, 1.82) is 0 Å². The van der Waals surface area contributed by atoms with Gasteiger partial charge in [-0.25, -0.2) is 8.42 Å². The monoisotopic (exact) mass is 260 g/mol. The Labute approximate surface area is 100 Å². The lowest BCUT2D eigenvalue weighted by Crippen LogP contribution is -2.43. The fourth-order valence-corrected chi connectivity index (χ4v) is 5.04. The maximum Gasteiger partial charge on any atom is 0.153 e. The maximum atomic E-state index is 11.5. The van der Waals surface area contributed by atoms with Crippen LogP contribution in [0.2, 0.25) is 0 Å². The number of rotatable bonds is 2. The van der Waals surface area contributed by atoms with Crippen molar-refractivity contribution in [3.05, 3.63) is 21.9 Å². The van der Waals surface area contributed by atoms with E-state index >= 15 is 0 Å². The van der Waals surface area contributed by atoms with Crippen LogP contribution in [0.25, 0.3) is 0 Å². The summed E-state index contributed by atoms with van der Waals surface area (Å²) in [7, 11) is -3.05. The number of hydrogen-bond donors (Lipinski definition) is 1. The Bertz CT molecular complexity index is 475. The predicted octanol–water partition coefficient (Wildman–Crippen LogP) is 1.54. The highest BCUT2D eigenvalue weighted by atomic mass is 32.2. The first kappa shape index (κ1) is 12.1. The minimum Gasteiger partial charge on any atom is -0.388 e. The highest BCUT2D eigenvalue weighted by Gasteiger charge is 2.37. The molecule has 0 aliphatic carbocycles. The number of aliphatic hydroxyl groups is 1. The van der Waals surface area contributed by atoms with Crippen LogP contribution >= 0.6 is 11.3 Å². The standard InChI is InChI=1S/C11H16O3S2/c1-9-3-4-10(15-9)7-11(12)5-2-6-16(13,14)8-11/h3-4,12H,2,5-8H2,1H3. The number of sulfone groups is 1. The van der Waals surface area contributed by atoms with Gasteiger partial charge in [0, 0.05) is 16.2 Å². The van der Waals surface area contributed by atoms with Crippen molar-refractivity contribution in [2.45, 2.75) is 31.8 Å². The summed E-state index contributed by atoms with van der Waals surface area (Å²) in [6.45, 7) is 2.01. The summed E-state index contributed by atoms with van der Waals surface area (Å²) in [5, 5.41) is 10.3. The summed E-state index contributed by atoms with van der Waals surface area (Å²) in [6, 6.07) is 3.97. The van der Waals surface area contributed by atoms with Crippen molar-refractivity contribution in [2.24, 2.45) is 0 Å². The van der Waals surface area contributed by atoms with Gasteiger partial charge in [0.25, 0.3) is 0 Å². The van der Waals surface area contributed by atoms with Crippen molar-refractivity contribution in [2.75, 3.05) is 11.5 Å². The average molecular weight is 260 g/mol. The van der Waals surface area contributed by atoms with E-state index in [1.54, 1.807) is 11.3 Å². The Balaban J connectivity index is 2.14. The highest BCUT2D eigenvalue weighted by molar-refractivity contribution is 7.91. The molecule has 1 aromatic rings. The summed E-state index contributed by atoms with van der Waals surface area (Å²) >= 11 is 1.63. The molecule has 5 heteroatoms. The zero-order valence-electron chi connectivity index (χ0n) is 9.27. The van der Waals surface area contributed by atoms with E-state index in [2.05, 4.69) is 0 Å². The molecule has 2 heterocycles. The molecule has 16 heavy (non-hydrogen) atoms. The Morgan fingerprint density at radius 2 is 2.25 bits per heavy atom. The summed E-state index contributed by atoms with van der Waals surface area (Å²) in [4.78, 5) is 2.26. The van der Waals surface area contributed by atoms with Gasteiger partial charge in [0.15, 0.2) is 9.84 Å². The van der Waals surface area contributed by atoms with E-state index in [9.17, 15) is 13.5 Å². The van der Waals surface area contributed by atoms with Crippen molar-refractivity contribution < 1.29 is 13.5 Å². The summed E-state index contributed by atoms with van der Waals surface area (Å²) in [5.74, 6) is 0.135. The molecule has 1 atom stereocenters. The number of thiophene rings is 1. The van der Waals surface area contributed by atoms with Gasteiger partial charge in [-0.05, 0) is 31.9 Å². The molecule has 1 unspecified atom stereocenters. The molecule has 0 radical (unpaired) electrons. The van der Waals surface area contributed by atoms with Gasteiger partial charge in [0.1, 0.15) is 0 Å². The van der Waals surface area contributed by atoms with Gasteiger partial charge >= 0.3 is 0 Å². The minimum absolute atomic E-state index is 0.0864. The molecule has 90 valence electrons. The van der Waals surface area contributed by atoms with Crippen molar-refractivity contribution in [3.63, 3.8) is 0 Å². The zero-order chi connectivity index (χ0) is 11.8. The van der Waals surface area contributed by atoms with E-state index < -0.39 is 15.4 Å². The lowest BCUT2D eigenvalue weighted by atomic mass is 9.95. The van der Waals surface area contributed by atoms with Crippen LogP contribution in [0.15, 0.2) is 12.1 Å². The van der Waals surface area contributed by atoms with E-state index in [-0.39, 0.29) is 11.5 Å². The van der Waals surface area contributed by atoms with E-state index in [0.717, 1.165) is 4.88 Å². The number of hydrogen-bond acceptors (Lipinski definition) is 4. The van der Waals surface area contributed by atoms with Gasteiger partial charge in [0.05, 0.1) is 17.1 Å². The van der Waals surface area contributed by atoms with Crippen molar-refractivity contribution in [3.8, 4) is 0 Å². The zero-order valence-corrected chi connectivity index (χ0v) is 10.9. The van der Waals surface area contributed by atoms with Crippen LogP contribution in [0.5, 0.6) is 0 Å². The second-order valence-electron chi connectivity index (χ2n) is 4.61. The van der Waals surface area contributed by atoms with E-state index in [4.69, 9.17) is 0 Å². The van der Waals surface area contributed by atoms with Crippen molar-refractivity contribution in [1.82, 2.24) is 0 Å².